The van der Waals surface area contributed by atoms with Crippen molar-refractivity contribution in [1.82, 2.24) is 15.5 Å². The number of guanidine groups is 1. The highest BCUT2D eigenvalue weighted by Crippen LogP contribution is 2.03. The number of hydrogen-bond donors (Lipinski definition) is 3. The molecule has 0 saturated heterocycles. The normalized spacial score (nSPS) is 13.0. The van der Waals surface area contributed by atoms with Gasteiger partial charge in [-0.15, -0.1) is 0 Å². The first-order valence-corrected chi connectivity index (χ1v) is 8.83. The van der Waals surface area contributed by atoms with Crippen molar-refractivity contribution >= 4 is 17.6 Å². The summed E-state index contributed by atoms with van der Waals surface area (Å²) in [5.74, 6) is 0.661. The molecular weight excluding hydrogens is 306 g/mol. The van der Waals surface area contributed by atoms with Gasteiger partial charge in [-0.2, -0.15) is 0 Å². The third-order valence-corrected chi connectivity index (χ3v) is 3.98. The Hall–Kier alpha value is -1.63. The van der Waals surface area contributed by atoms with Crippen LogP contribution in [0.1, 0.15) is 52.9 Å². The summed E-state index contributed by atoms with van der Waals surface area (Å²) in [5.41, 5.74) is 5.77. The number of carbonyl (C=O) groups excluding carboxylic acids is 2. The van der Waals surface area contributed by atoms with Crippen molar-refractivity contribution < 1.29 is 9.59 Å². The molecule has 7 nitrogen and oxygen atoms in total. The fourth-order valence-electron chi connectivity index (χ4n) is 2.16. The molecule has 0 aromatic carbocycles. The zero-order chi connectivity index (χ0) is 18.4. The Morgan fingerprint density at radius 1 is 1.04 bits per heavy atom. The van der Waals surface area contributed by atoms with E-state index < -0.39 is 0 Å². The van der Waals surface area contributed by atoms with E-state index in [0.29, 0.717) is 19.0 Å². The minimum Gasteiger partial charge on any atom is -0.370 e. The summed E-state index contributed by atoms with van der Waals surface area (Å²) in [6.07, 6.45) is 5.21. The number of rotatable bonds is 13. The molecule has 0 aliphatic rings. The fourth-order valence-corrected chi connectivity index (χ4v) is 2.16. The lowest BCUT2D eigenvalue weighted by molar-refractivity contribution is -0.121. The fraction of sp³-hybridized carbons (Fsp3) is 0.824. The smallest absolute Gasteiger partial charge is 0.216 e. The van der Waals surface area contributed by atoms with Crippen LogP contribution in [-0.2, 0) is 9.59 Å². The van der Waals surface area contributed by atoms with Gasteiger partial charge in [-0.3, -0.25) is 19.5 Å². The highest BCUT2D eigenvalue weighted by molar-refractivity contribution is 5.80. The number of amides is 1. The minimum atomic E-state index is -0.0213. The molecule has 7 heteroatoms. The molecular formula is C17H35N5O2. The molecule has 1 amide bonds. The first-order valence-electron chi connectivity index (χ1n) is 8.83. The van der Waals surface area contributed by atoms with E-state index >= 15 is 0 Å². The predicted octanol–water partition coefficient (Wildman–Crippen LogP) is 0.887. The minimum absolute atomic E-state index is 0.00771. The van der Waals surface area contributed by atoms with Crippen molar-refractivity contribution in [3.63, 3.8) is 0 Å². The van der Waals surface area contributed by atoms with E-state index in [1.165, 1.54) is 6.92 Å². The lowest BCUT2D eigenvalue weighted by Gasteiger charge is -2.22. The molecule has 4 N–H and O–H groups in total. The monoisotopic (exact) mass is 341 g/mol. The van der Waals surface area contributed by atoms with Gasteiger partial charge in [0.25, 0.3) is 0 Å². The number of unbranched alkanes of at least 4 members (excludes halogenated alkanes) is 3. The molecule has 0 aromatic rings. The molecule has 0 fully saturated rings. The van der Waals surface area contributed by atoms with Gasteiger partial charge < -0.3 is 16.4 Å². The van der Waals surface area contributed by atoms with Gasteiger partial charge in [0.1, 0.15) is 5.78 Å². The van der Waals surface area contributed by atoms with E-state index in [4.69, 9.17) is 5.73 Å². The van der Waals surface area contributed by atoms with Crippen molar-refractivity contribution in [2.24, 2.45) is 10.7 Å². The Morgan fingerprint density at radius 3 is 2.29 bits per heavy atom. The topological polar surface area (TPSA) is 99.8 Å². The molecule has 0 heterocycles. The maximum absolute atomic E-state index is 11.3. The molecule has 24 heavy (non-hydrogen) atoms. The average Bonchev–Trinajstić information content (AvgIpc) is 2.52. The van der Waals surface area contributed by atoms with Gasteiger partial charge in [-0.1, -0.05) is 12.8 Å². The summed E-state index contributed by atoms with van der Waals surface area (Å²) in [6, 6.07) is 0.00771. The molecule has 0 rings (SSSR count). The molecule has 1 atom stereocenters. The van der Waals surface area contributed by atoms with Gasteiger partial charge >= 0.3 is 0 Å². The van der Waals surface area contributed by atoms with Crippen LogP contribution in [0.5, 0.6) is 0 Å². The number of nitrogens with zero attached hydrogens (tertiary/aromatic N) is 2. The van der Waals surface area contributed by atoms with E-state index in [1.807, 2.05) is 14.0 Å². The Morgan fingerprint density at radius 2 is 1.67 bits per heavy atom. The van der Waals surface area contributed by atoms with Crippen LogP contribution >= 0.6 is 0 Å². The summed E-state index contributed by atoms with van der Waals surface area (Å²) in [7, 11) is 2.00. The number of carbonyl (C=O) groups is 2. The maximum Gasteiger partial charge on any atom is 0.216 e. The number of hydrogen-bond acceptors (Lipinski definition) is 4. The third kappa shape index (κ3) is 12.9. The average molecular weight is 342 g/mol. The van der Waals surface area contributed by atoms with Gasteiger partial charge in [0.05, 0.1) is 6.04 Å². The van der Waals surface area contributed by atoms with Crippen LogP contribution in [0, 0.1) is 0 Å². The number of aliphatic imine (C=N–C) groups is 1. The lowest BCUT2D eigenvalue weighted by Crippen LogP contribution is -2.35. The van der Waals surface area contributed by atoms with Gasteiger partial charge in [-0.05, 0) is 46.7 Å². The number of nitrogens with one attached hydrogen (secondary N) is 2. The van der Waals surface area contributed by atoms with Crippen LogP contribution in [0.3, 0.4) is 0 Å². The van der Waals surface area contributed by atoms with Crippen LogP contribution in [0.15, 0.2) is 4.99 Å². The predicted molar refractivity (Wildman–Crippen MR) is 99.0 cm³/mol. The molecule has 0 spiro atoms. The highest BCUT2D eigenvalue weighted by Gasteiger charge is 2.12. The lowest BCUT2D eigenvalue weighted by atomic mass is 10.1. The quantitative estimate of drug-likeness (QED) is 0.262. The molecule has 0 saturated carbocycles. The van der Waals surface area contributed by atoms with Crippen LogP contribution in [0.4, 0.5) is 0 Å². The number of nitrogens with two attached hydrogens (primary N) is 1. The molecule has 140 valence electrons. The van der Waals surface area contributed by atoms with Crippen molar-refractivity contribution in [3.8, 4) is 0 Å². The summed E-state index contributed by atoms with van der Waals surface area (Å²) in [6.45, 7) is 8.10. The number of likely N-dealkylation sites (N-methyl/N-ethyl adjacent to an activating group) is 1. The molecule has 0 bridgehead atoms. The van der Waals surface area contributed by atoms with Crippen molar-refractivity contribution in [2.45, 2.75) is 58.9 Å². The molecule has 0 aromatic heterocycles. The SMILES string of the molecule is CC(=O)NCCCN=C(N)NCCCCCCN(C)[C@H](C)C(C)=O. The Labute approximate surface area is 146 Å². The van der Waals surface area contributed by atoms with E-state index in [0.717, 1.165) is 45.2 Å². The summed E-state index contributed by atoms with van der Waals surface area (Å²) in [5, 5.41) is 5.82. The van der Waals surface area contributed by atoms with Gasteiger partial charge in [0.15, 0.2) is 5.96 Å². The van der Waals surface area contributed by atoms with Gasteiger partial charge in [-0.25, -0.2) is 0 Å². The Kier molecular flexibility index (Phi) is 12.8. The first kappa shape index (κ1) is 22.4. The Balaban J connectivity index is 3.52. The van der Waals surface area contributed by atoms with E-state index in [9.17, 15) is 9.59 Å². The van der Waals surface area contributed by atoms with Crippen LogP contribution in [-0.4, -0.2) is 61.8 Å². The third-order valence-electron chi connectivity index (χ3n) is 3.98. The number of ketones is 1. The van der Waals surface area contributed by atoms with Crippen molar-refractivity contribution in [2.75, 3.05) is 33.2 Å². The van der Waals surface area contributed by atoms with Crippen LogP contribution < -0.4 is 16.4 Å². The van der Waals surface area contributed by atoms with Gasteiger partial charge in [0.2, 0.25) is 5.91 Å². The zero-order valence-corrected chi connectivity index (χ0v) is 15.7. The molecule has 0 unspecified atom stereocenters. The molecule has 0 aliphatic heterocycles. The van der Waals surface area contributed by atoms with E-state index in [2.05, 4.69) is 20.5 Å². The second kappa shape index (κ2) is 13.8. The largest absolute Gasteiger partial charge is 0.370 e. The van der Waals surface area contributed by atoms with Crippen LogP contribution in [0.25, 0.3) is 0 Å². The summed E-state index contributed by atoms with van der Waals surface area (Å²) < 4.78 is 0. The summed E-state index contributed by atoms with van der Waals surface area (Å²) in [4.78, 5) is 28.3. The second-order valence-corrected chi connectivity index (χ2v) is 6.21. The molecule has 0 radical (unpaired) electrons. The standard InChI is InChI=1S/C17H35N5O2/c1-14(15(2)23)22(4)13-8-6-5-7-10-20-17(18)21-12-9-11-19-16(3)24/h14H,5-13H2,1-4H3,(H,19,24)(H3,18,20,21)/t14-/m1/s1. The molecule has 0 aliphatic carbocycles. The second-order valence-electron chi connectivity index (χ2n) is 6.21. The van der Waals surface area contributed by atoms with E-state index in [1.54, 1.807) is 6.92 Å². The number of Topliss-reactive ketones (excluding diaryl/α,β-unsaturated/α-hetero) is 1. The summed E-state index contributed by atoms with van der Waals surface area (Å²) >= 11 is 0. The first-order chi connectivity index (χ1) is 11.3. The van der Waals surface area contributed by atoms with Crippen molar-refractivity contribution in [1.29, 1.82) is 0 Å². The van der Waals surface area contributed by atoms with Crippen LogP contribution in [0.2, 0.25) is 0 Å². The van der Waals surface area contributed by atoms with Gasteiger partial charge in [0, 0.05) is 26.6 Å². The van der Waals surface area contributed by atoms with Crippen molar-refractivity contribution in [3.05, 3.63) is 0 Å². The maximum atomic E-state index is 11.3. The zero-order valence-electron chi connectivity index (χ0n) is 15.7. The Bertz CT molecular complexity index is 398. The highest BCUT2D eigenvalue weighted by atomic mass is 16.1. The van der Waals surface area contributed by atoms with E-state index in [-0.39, 0.29) is 17.7 Å².